The third kappa shape index (κ3) is 6.42. The van der Waals surface area contributed by atoms with Gasteiger partial charge in [-0.25, -0.2) is 0 Å². The topological polar surface area (TPSA) is 44.4 Å². The second-order valence-corrected chi connectivity index (χ2v) is 6.51. The molecule has 0 bridgehead atoms. The second-order valence-electron chi connectivity index (χ2n) is 6.51. The molecule has 1 heterocycles. The van der Waals surface area contributed by atoms with Crippen LogP contribution in [0.1, 0.15) is 38.2 Å². The molecule has 2 unspecified atom stereocenters. The number of amides is 1. The average molecular weight is 354 g/mol. The number of hydrogen-bond acceptors (Lipinski definition) is 3. The Bertz CT molecular complexity index is 463. The third-order valence-corrected chi connectivity index (χ3v) is 4.81. The maximum absolute atomic E-state index is 12.7. The van der Waals surface area contributed by atoms with E-state index in [0.29, 0.717) is 5.92 Å². The minimum Gasteiger partial charge on any atom is -0.356 e. The fraction of sp³-hybridized carbons (Fsp3) is 0.632. The predicted octanol–water partition coefficient (Wildman–Crippen LogP) is 2.65. The first-order chi connectivity index (χ1) is 11.2. The quantitative estimate of drug-likeness (QED) is 0.706. The van der Waals surface area contributed by atoms with Crippen molar-refractivity contribution in [2.45, 2.75) is 32.6 Å². The van der Waals surface area contributed by atoms with E-state index < -0.39 is 0 Å². The van der Waals surface area contributed by atoms with E-state index in [1.165, 1.54) is 0 Å². The number of carbonyl (C=O) groups excluding carboxylic acids is 1. The van der Waals surface area contributed by atoms with Gasteiger partial charge in [-0.3, -0.25) is 4.79 Å². The zero-order valence-corrected chi connectivity index (χ0v) is 15.8. The van der Waals surface area contributed by atoms with E-state index in [1.54, 1.807) is 0 Å². The highest BCUT2D eigenvalue weighted by atomic mass is 35.5. The smallest absolute Gasteiger partial charge is 0.227 e. The number of nitrogens with one attached hydrogen (secondary N) is 2. The first kappa shape index (κ1) is 20.9. The fourth-order valence-corrected chi connectivity index (χ4v) is 3.19. The Morgan fingerprint density at radius 3 is 2.54 bits per heavy atom. The maximum atomic E-state index is 12.7. The van der Waals surface area contributed by atoms with Crippen LogP contribution in [0.5, 0.6) is 0 Å². The van der Waals surface area contributed by atoms with Gasteiger partial charge in [-0.1, -0.05) is 50.6 Å². The van der Waals surface area contributed by atoms with E-state index in [-0.39, 0.29) is 24.2 Å². The van der Waals surface area contributed by atoms with Gasteiger partial charge < -0.3 is 15.5 Å². The summed E-state index contributed by atoms with van der Waals surface area (Å²) in [5.41, 5.74) is 1.13. The summed E-state index contributed by atoms with van der Waals surface area (Å²) in [4.78, 5) is 15.1. The summed E-state index contributed by atoms with van der Waals surface area (Å²) in [6.45, 7) is 10.5. The molecule has 1 fully saturated rings. The number of nitrogens with zero attached hydrogens (tertiary/aromatic N) is 1. The van der Waals surface area contributed by atoms with E-state index in [1.807, 2.05) is 18.2 Å². The summed E-state index contributed by atoms with van der Waals surface area (Å²) in [7, 11) is 0. The molecule has 136 valence electrons. The highest BCUT2D eigenvalue weighted by Crippen LogP contribution is 2.27. The summed E-state index contributed by atoms with van der Waals surface area (Å²) in [6.07, 6.45) is 2.03. The van der Waals surface area contributed by atoms with Crippen LogP contribution in [0.4, 0.5) is 0 Å². The molecular formula is C19H32ClN3O. The summed E-state index contributed by atoms with van der Waals surface area (Å²) < 4.78 is 0. The van der Waals surface area contributed by atoms with Gasteiger partial charge in [-0.15, -0.1) is 12.4 Å². The Morgan fingerprint density at radius 2 is 1.92 bits per heavy atom. The molecule has 24 heavy (non-hydrogen) atoms. The Balaban J connectivity index is 0.00000288. The summed E-state index contributed by atoms with van der Waals surface area (Å²) >= 11 is 0. The number of benzene rings is 1. The van der Waals surface area contributed by atoms with Crippen LogP contribution in [-0.2, 0) is 4.79 Å². The fourth-order valence-electron chi connectivity index (χ4n) is 3.19. The van der Waals surface area contributed by atoms with Crippen molar-refractivity contribution >= 4 is 18.3 Å². The van der Waals surface area contributed by atoms with Crippen LogP contribution in [0.3, 0.4) is 0 Å². The van der Waals surface area contributed by atoms with Gasteiger partial charge in [0, 0.05) is 32.7 Å². The minimum atomic E-state index is -0.0413. The molecule has 5 heteroatoms. The number of halogens is 1. The average Bonchev–Trinajstić information content (AvgIpc) is 2.60. The number of piperazine rings is 1. The van der Waals surface area contributed by atoms with Crippen molar-refractivity contribution < 1.29 is 4.79 Å². The molecule has 1 aliphatic heterocycles. The van der Waals surface area contributed by atoms with Gasteiger partial charge in [-0.2, -0.15) is 0 Å². The van der Waals surface area contributed by atoms with Gasteiger partial charge >= 0.3 is 0 Å². The van der Waals surface area contributed by atoms with Crippen LogP contribution in [0.2, 0.25) is 0 Å². The standard InChI is InChI=1S/C19H31N3O.ClH/c1-3-16(2)18(17-8-5-4-6-9-17)19(23)21-10-7-13-22-14-11-20-12-15-22;/h4-6,8-9,16,18,20H,3,7,10-15H2,1-2H3,(H,21,23);1H. The van der Waals surface area contributed by atoms with Gasteiger partial charge in [0.05, 0.1) is 5.92 Å². The zero-order valence-electron chi connectivity index (χ0n) is 15.0. The molecule has 2 atom stereocenters. The van der Waals surface area contributed by atoms with Crippen molar-refractivity contribution in [1.82, 2.24) is 15.5 Å². The predicted molar refractivity (Wildman–Crippen MR) is 103 cm³/mol. The monoisotopic (exact) mass is 353 g/mol. The van der Waals surface area contributed by atoms with Crippen LogP contribution in [-0.4, -0.2) is 50.1 Å². The summed E-state index contributed by atoms with van der Waals surface area (Å²) in [5.74, 6) is 0.483. The van der Waals surface area contributed by atoms with Crippen molar-refractivity contribution in [3.63, 3.8) is 0 Å². The Labute approximate surface area is 152 Å². The molecule has 0 spiro atoms. The Kier molecular flexibility index (Phi) is 9.99. The van der Waals surface area contributed by atoms with Crippen LogP contribution >= 0.6 is 12.4 Å². The van der Waals surface area contributed by atoms with Crippen LogP contribution in [0.15, 0.2) is 30.3 Å². The van der Waals surface area contributed by atoms with E-state index in [0.717, 1.165) is 57.7 Å². The van der Waals surface area contributed by atoms with Crippen molar-refractivity contribution in [3.05, 3.63) is 35.9 Å². The van der Waals surface area contributed by atoms with E-state index in [2.05, 4.69) is 41.5 Å². The molecule has 0 radical (unpaired) electrons. The van der Waals surface area contributed by atoms with Crippen molar-refractivity contribution in [2.24, 2.45) is 5.92 Å². The van der Waals surface area contributed by atoms with Crippen molar-refractivity contribution in [1.29, 1.82) is 0 Å². The molecule has 1 aromatic rings. The maximum Gasteiger partial charge on any atom is 0.227 e. The molecular weight excluding hydrogens is 322 g/mol. The van der Waals surface area contributed by atoms with Gasteiger partial charge in [0.1, 0.15) is 0 Å². The highest BCUT2D eigenvalue weighted by molar-refractivity contribution is 5.85. The molecule has 2 rings (SSSR count). The lowest BCUT2D eigenvalue weighted by Crippen LogP contribution is -2.44. The van der Waals surface area contributed by atoms with Crippen LogP contribution < -0.4 is 10.6 Å². The number of rotatable bonds is 8. The van der Waals surface area contributed by atoms with Crippen molar-refractivity contribution in [2.75, 3.05) is 39.3 Å². The zero-order chi connectivity index (χ0) is 16.5. The van der Waals surface area contributed by atoms with Gasteiger partial charge in [-0.05, 0) is 24.4 Å². The van der Waals surface area contributed by atoms with E-state index >= 15 is 0 Å². The molecule has 0 aromatic heterocycles. The first-order valence-electron chi connectivity index (χ1n) is 8.98. The number of carbonyl (C=O) groups is 1. The van der Waals surface area contributed by atoms with E-state index in [9.17, 15) is 4.79 Å². The SMILES string of the molecule is CCC(C)C(C(=O)NCCCN1CCNCC1)c1ccccc1.Cl. The summed E-state index contributed by atoms with van der Waals surface area (Å²) in [5, 5.41) is 6.52. The minimum absolute atomic E-state index is 0. The van der Waals surface area contributed by atoms with Gasteiger partial charge in [0.15, 0.2) is 0 Å². The third-order valence-electron chi connectivity index (χ3n) is 4.81. The molecule has 0 aliphatic carbocycles. The second kappa shape index (κ2) is 11.5. The molecule has 2 N–H and O–H groups in total. The lowest BCUT2D eigenvalue weighted by molar-refractivity contribution is -0.123. The van der Waals surface area contributed by atoms with E-state index in [4.69, 9.17) is 0 Å². The molecule has 1 amide bonds. The first-order valence-corrected chi connectivity index (χ1v) is 8.98. The Morgan fingerprint density at radius 1 is 1.25 bits per heavy atom. The van der Waals surface area contributed by atoms with Gasteiger partial charge in [0.2, 0.25) is 5.91 Å². The number of hydrogen-bond donors (Lipinski definition) is 2. The van der Waals surface area contributed by atoms with Crippen molar-refractivity contribution in [3.8, 4) is 0 Å². The van der Waals surface area contributed by atoms with Crippen LogP contribution in [0.25, 0.3) is 0 Å². The highest BCUT2D eigenvalue weighted by Gasteiger charge is 2.25. The largest absolute Gasteiger partial charge is 0.356 e. The lowest BCUT2D eigenvalue weighted by Gasteiger charge is -2.27. The Hall–Kier alpha value is -1.10. The molecule has 0 saturated carbocycles. The molecule has 4 nitrogen and oxygen atoms in total. The molecule has 1 aromatic carbocycles. The lowest BCUT2D eigenvalue weighted by atomic mass is 9.85. The van der Waals surface area contributed by atoms with Crippen LogP contribution in [0, 0.1) is 5.92 Å². The molecule has 1 aliphatic rings. The normalized spacial score (nSPS) is 17.6. The summed E-state index contributed by atoms with van der Waals surface area (Å²) in [6, 6.07) is 10.2. The van der Waals surface area contributed by atoms with Gasteiger partial charge in [0.25, 0.3) is 0 Å². The molecule has 1 saturated heterocycles.